The van der Waals surface area contributed by atoms with E-state index < -0.39 is 0 Å². The second-order valence-electron chi connectivity index (χ2n) is 5.00. The first-order chi connectivity index (χ1) is 11.2. The molecule has 1 aliphatic heterocycles. The molecule has 0 aromatic heterocycles. The van der Waals surface area contributed by atoms with Crippen LogP contribution in [-0.2, 0) is 4.79 Å². The topological polar surface area (TPSA) is 59.0 Å². The van der Waals surface area contributed by atoms with Crippen LogP contribution in [0.5, 0.6) is 11.5 Å². The molecule has 0 bridgehead atoms. The number of methoxy groups -OCH3 is 2. The van der Waals surface area contributed by atoms with Gasteiger partial charge in [0.15, 0.2) is 0 Å². The molecule has 0 radical (unpaired) electrons. The number of aliphatic hydroxyl groups excluding tert-OH is 1. The highest BCUT2D eigenvalue weighted by molar-refractivity contribution is 7.99. The molecule has 2 rings (SSSR count). The van der Waals surface area contributed by atoms with Crippen molar-refractivity contribution >= 4 is 29.4 Å². The van der Waals surface area contributed by atoms with Gasteiger partial charge in [-0.3, -0.25) is 4.79 Å². The molecule has 1 unspecified atom stereocenters. The van der Waals surface area contributed by atoms with Crippen molar-refractivity contribution in [1.29, 1.82) is 0 Å². The van der Waals surface area contributed by atoms with Crippen molar-refractivity contribution in [3.63, 3.8) is 0 Å². The summed E-state index contributed by atoms with van der Waals surface area (Å²) >= 11 is 3.42. The largest absolute Gasteiger partial charge is 0.497 e. The van der Waals surface area contributed by atoms with E-state index in [-0.39, 0.29) is 17.9 Å². The van der Waals surface area contributed by atoms with Crippen LogP contribution in [0.3, 0.4) is 0 Å². The van der Waals surface area contributed by atoms with Gasteiger partial charge in [-0.05, 0) is 12.1 Å². The summed E-state index contributed by atoms with van der Waals surface area (Å²) in [5.74, 6) is 4.00. The number of rotatable bonds is 8. The summed E-state index contributed by atoms with van der Waals surface area (Å²) in [4.78, 5) is 14.3. The number of benzene rings is 1. The van der Waals surface area contributed by atoms with E-state index in [1.165, 1.54) is 0 Å². The molecule has 7 heteroatoms. The lowest BCUT2D eigenvalue weighted by molar-refractivity contribution is -0.131. The number of aliphatic hydroxyl groups is 1. The van der Waals surface area contributed by atoms with Gasteiger partial charge >= 0.3 is 0 Å². The van der Waals surface area contributed by atoms with Gasteiger partial charge < -0.3 is 19.5 Å². The molecule has 1 amide bonds. The van der Waals surface area contributed by atoms with Gasteiger partial charge in [-0.15, -0.1) is 11.8 Å². The van der Waals surface area contributed by atoms with Gasteiger partial charge in [0, 0.05) is 41.9 Å². The predicted molar refractivity (Wildman–Crippen MR) is 95.5 cm³/mol. The lowest BCUT2D eigenvalue weighted by Crippen LogP contribution is -2.39. The summed E-state index contributed by atoms with van der Waals surface area (Å²) in [6, 6.07) is 5.73. The van der Waals surface area contributed by atoms with Gasteiger partial charge in [-0.2, -0.15) is 11.8 Å². The van der Waals surface area contributed by atoms with Gasteiger partial charge in [-0.25, -0.2) is 0 Å². The Kier molecular flexibility index (Phi) is 7.39. The highest BCUT2D eigenvalue weighted by Crippen LogP contribution is 2.42. The van der Waals surface area contributed by atoms with Crippen molar-refractivity contribution in [3.8, 4) is 11.5 Å². The molecule has 1 aliphatic rings. The number of carbonyl (C=O) groups excluding carboxylic acids is 1. The maximum Gasteiger partial charge on any atom is 0.224 e. The molecule has 128 valence electrons. The molecule has 23 heavy (non-hydrogen) atoms. The monoisotopic (exact) mass is 357 g/mol. The Morgan fingerprint density at radius 3 is 2.87 bits per heavy atom. The molecule has 1 aromatic rings. The minimum absolute atomic E-state index is 0.0353. The van der Waals surface area contributed by atoms with Crippen LogP contribution in [0.4, 0.5) is 0 Å². The standard InChI is InChI=1S/C16H23NO4S2/c1-20-12-3-4-13(14(11-12)21-2)16-17(6-9-22-10-7-18)15(19)5-8-23-16/h3-4,11,16,18H,5-10H2,1-2H3. The molecule has 1 aromatic carbocycles. The average molecular weight is 357 g/mol. The summed E-state index contributed by atoms with van der Waals surface area (Å²) < 4.78 is 10.7. The third-order valence-electron chi connectivity index (χ3n) is 3.61. The molecule has 0 aliphatic carbocycles. The third-order valence-corrected chi connectivity index (χ3v) is 5.82. The molecule has 0 saturated carbocycles. The molecule has 1 fully saturated rings. The van der Waals surface area contributed by atoms with Gasteiger partial charge in [0.2, 0.25) is 5.91 Å². The Balaban J connectivity index is 2.18. The van der Waals surface area contributed by atoms with E-state index in [0.717, 1.165) is 28.6 Å². The van der Waals surface area contributed by atoms with E-state index in [9.17, 15) is 4.79 Å². The molecule has 0 spiro atoms. The van der Waals surface area contributed by atoms with Gasteiger partial charge in [0.05, 0.1) is 20.8 Å². The average Bonchev–Trinajstić information content (AvgIpc) is 2.59. The first-order valence-electron chi connectivity index (χ1n) is 7.53. The fraction of sp³-hybridized carbons (Fsp3) is 0.562. The Bertz CT molecular complexity index is 527. The van der Waals surface area contributed by atoms with Crippen LogP contribution in [0.15, 0.2) is 18.2 Å². The molecular formula is C16H23NO4S2. The molecule has 5 nitrogen and oxygen atoms in total. The summed E-state index contributed by atoms with van der Waals surface area (Å²) in [5, 5.41) is 8.83. The maximum atomic E-state index is 12.4. The molecule has 1 atom stereocenters. The Labute approximate surface area is 145 Å². The highest BCUT2D eigenvalue weighted by Gasteiger charge is 2.31. The van der Waals surface area contributed by atoms with Crippen LogP contribution in [0.1, 0.15) is 17.4 Å². The lowest BCUT2D eigenvalue weighted by Gasteiger charge is -2.36. The first-order valence-corrected chi connectivity index (χ1v) is 9.73. The van der Waals surface area contributed by atoms with E-state index >= 15 is 0 Å². The van der Waals surface area contributed by atoms with E-state index in [4.69, 9.17) is 14.6 Å². The normalized spacial score (nSPS) is 18.1. The van der Waals surface area contributed by atoms with E-state index in [1.54, 1.807) is 37.7 Å². The number of thioether (sulfide) groups is 2. The SMILES string of the molecule is COc1ccc(C2SCCC(=O)N2CCSCCO)c(OC)c1. The second kappa shape index (κ2) is 9.30. The summed E-state index contributed by atoms with van der Waals surface area (Å²) in [6.07, 6.45) is 0.574. The van der Waals surface area contributed by atoms with Crippen molar-refractivity contribution < 1.29 is 19.4 Å². The lowest BCUT2D eigenvalue weighted by atomic mass is 10.1. The van der Waals surface area contributed by atoms with E-state index in [2.05, 4.69) is 0 Å². The zero-order chi connectivity index (χ0) is 16.7. The predicted octanol–water partition coefficient (Wildman–Crippen LogP) is 2.39. The van der Waals surface area contributed by atoms with Crippen molar-refractivity contribution in [2.75, 3.05) is 44.6 Å². The molecule has 1 saturated heterocycles. The van der Waals surface area contributed by atoms with E-state index in [1.807, 2.05) is 23.1 Å². The van der Waals surface area contributed by atoms with Gasteiger partial charge in [0.1, 0.15) is 16.9 Å². The van der Waals surface area contributed by atoms with Crippen LogP contribution in [0, 0.1) is 0 Å². The minimum Gasteiger partial charge on any atom is -0.497 e. The highest BCUT2D eigenvalue weighted by atomic mass is 32.2. The van der Waals surface area contributed by atoms with Crippen molar-refractivity contribution in [1.82, 2.24) is 4.90 Å². The maximum absolute atomic E-state index is 12.4. The number of ether oxygens (including phenoxy) is 2. The minimum atomic E-state index is -0.0353. The van der Waals surface area contributed by atoms with Crippen molar-refractivity contribution in [3.05, 3.63) is 23.8 Å². The van der Waals surface area contributed by atoms with Crippen LogP contribution >= 0.6 is 23.5 Å². The first kappa shape index (κ1) is 18.3. The third kappa shape index (κ3) is 4.71. The second-order valence-corrected chi connectivity index (χ2v) is 7.42. The number of nitrogens with zero attached hydrogens (tertiary/aromatic N) is 1. The van der Waals surface area contributed by atoms with E-state index in [0.29, 0.717) is 18.7 Å². The number of hydrogen-bond donors (Lipinski definition) is 1. The quantitative estimate of drug-likeness (QED) is 0.721. The number of amides is 1. The zero-order valence-corrected chi connectivity index (χ0v) is 15.1. The molecule has 1 N–H and O–H groups in total. The molecule has 1 heterocycles. The van der Waals surface area contributed by atoms with Crippen molar-refractivity contribution in [2.45, 2.75) is 11.8 Å². The Hall–Kier alpha value is -1.05. The smallest absolute Gasteiger partial charge is 0.224 e. The van der Waals surface area contributed by atoms with Crippen LogP contribution in [-0.4, -0.2) is 60.5 Å². The zero-order valence-electron chi connectivity index (χ0n) is 13.5. The summed E-state index contributed by atoms with van der Waals surface area (Å²) in [7, 11) is 3.26. The van der Waals surface area contributed by atoms with Crippen LogP contribution in [0.2, 0.25) is 0 Å². The number of carbonyl (C=O) groups is 1. The van der Waals surface area contributed by atoms with Crippen molar-refractivity contribution in [2.24, 2.45) is 0 Å². The summed E-state index contributed by atoms with van der Waals surface area (Å²) in [5.41, 5.74) is 0.999. The Morgan fingerprint density at radius 2 is 2.17 bits per heavy atom. The Morgan fingerprint density at radius 1 is 1.35 bits per heavy atom. The number of hydrogen-bond acceptors (Lipinski definition) is 6. The molecular weight excluding hydrogens is 334 g/mol. The van der Waals surface area contributed by atoms with Gasteiger partial charge in [-0.1, -0.05) is 0 Å². The van der Waals surface area contributed by atoms with Gasteiger partial charge in [0.25, 0.3) is 0 Å². The fourth-order valence-electron chi connectivity index (χ4n) is 2.47. The fourth-order valence-corrected chi connectivity index (χ4v) is 4.43. The van der Waals surface area contributed by atoms with Crippen LogP contribution < -0.4 is 9.47 Å². The summed E-state index contributed by atoms with van der Waals surface area (Å²) in [6.45, 7) is 0.847. The van der Waals surface area contributed by atoms with Crippen LogP contribution in [0.25, 0.3) is 0 Å².